The van der Waals surface area contributed by atoms with Gasteiger partial charge in [0.25, 0.3) is 0 Å². The fraction of sp³-hybridized carbons (Fsp3) is 0.857. The SMILES string of the molecule is CCN(CC#N)C(=O)C(C1CCC1)C1CCC1. The van der Waals surface area contributed by atoms with Crippen molar-refractivity contribution in [3.05, 3.63) is 0 Å². The lowest BCUT2D eigenvalue weighted by molar-refractivity contribution is -0.142. The molecule has 0 aromatic heterocycles. The van der Waals surface area contributed by atoms with E-state index in [1.165, 1.54) is 38.5 Å². The molecule has 2 aliphatic carbocycles. The molecule has 0 aromatic carbocycles. The van der Waals surface area contributed by atoms with Gasteiger partial charge in [0, 0.05) is 12.5 Å². The van der Waals surface area contributed by atoms with Crippen LogP contribution in [0.25, 0.3) is 0 Å². The molecule has 0 bridgehead atoms. The Balaban J connectivity index is 2.03. The topological polar surface area (TPSA) is 44.1 Å². The van der Waals surface area contributed by atoms with E-state index in [0.717, 1.165) is 0 Å². The molecule has 1 amide bonds. The molecule has 0 saturated heterocycles. The molecule has 2 saturated carbocycles. The first-order valence-corrected chi connectivity index (χ1v) is 6.93. The number of nitriles is 1. The Bertz CT molecular complexity index is 299. The van der Waals surface area contributed by atoms with E-state index in [1.807, 2.05) is 6.92 Å². The second-order valence-electron chi connectivity index (χ2n) is 5.42. The molecule has 0 unspecified atom stereocenters. The monoisotopic (exact) mass is 234 g/mol. The maximum atomic E-state index is 12.5. The van der Waals surface area contributed by atoms with Crippen LogP contribution in [0.5, 0.6) is 0 Å². The number of amides is 1. The molecular weight excluding hydrogens is 212 g/mol. The number of rotatable bonds is 5. The van der Waals surface area contributed by atoms with Crippen molar-refractivity contribution in [2.75, 3.05) is 13.1 Å². The number of carbonyl (C=O) groups excluding carboxylic acids is 1. The van der Waals surface area contributed by atoms with Crippen LogP contribution in [-0.2, 0) is 4.79 Å². The lowest BCUT2D eigenvalue weighted by Gasteiger charge is -2.43. The van der Waals surface area contributed by atoms with Gasteiger partial charge in [-0.15, -0.1) is 0 Å². The minimum Gasteiger partial charge on any atom is -0.329 e. The Kier molecular flexibility index (Phi) is 4.04. The van der Waals surface area contributed by atoms with Crippen molar-refractivity contribution in [2.24, 2.45) is 17.8 Å². The van der Waals surface area contributed by atoms with Crippen LogP contribution in [0.4, 0.5) is 0 Å². The number of nitrogens with zero attached hydrogens (tertiary/aromatic N) is 2. The van der Waals surface area contributed by atoms with Crippen LogP contribution in [-0.4, -0.2) is 23.9 Å². The van der Waals surface area contributed by atoms with Crippen molar-refractivity contribution in [1.29, 1.82) is 5.26 Å². The Morgan fingerprint density at radius 1 is 1.29 bits per heavy atom. The van der Waals surface area contributed by atoms with Gasteiger partial charge in [-0.25, -0.2) is 0 Å². The summed E-state index contributed by atoms with van der Waals surface area (Å²) < 4.78 is 0. The fourth-order valence-corrected chi connectivity index (χ4v) is 3.03. The highest BCUT2D eigenvalue weighted by Crippen LogP contribution is 2.45. The summed E-state index contributed by atoms with van der Waals surface area (Å²) in [5.74, 6) is 1.70. The molecule has 0 radical (unpaired) electrons. The molecule has 0 N–H and O–H groups in total. The first-order chi connectivity index (χ1) is 8.27. The Morgan fingerprint density at radius 2 is 1.82 bits per heavy atom. The van der Waals surface area contributed by atoms with E-state index < -0.39 is 0 Å². The van der Waals surface area contributed by atoms with Crippen molar-refractivity contribution >= 4 is 5.91 Å². The van der Waals surface area contributed by atoms with Gasteiger partial charge >= 0.3 is 0 Å². The number of hydrogen-bond acceptors (Lipinski definition) is 2. The van der Waals surface area contributed by atoms with Crippen LogP contribution in [0.2, 0.25) is 0 Å². The smallest absolute Gasteiger partial charge is 0.227 e. The third kappa shape index (κ3) is 2.46. The van der Waals surface area contributed by atoms with Crippen LogP contribution in [0.15, 0.2) is 0 Å². The molecule has 3 nitrogen and oxygen atoms in total. The predicted octanol–water partition coefficient (Wildman–Crippen LogP) is 2.57. The second-order valence-corrected chi connectivity index (χ2v) is 5.42. The molecule has 17 heavy (non-hydrogen) atoms. The van der Waals surface area contributed by atoms with E-state index in [2.05, 4.69) is 6.07 Å². The summed E-state index contributed by atoms with van der Waals surface area (Å²) in [6.07, 6.45) is 7.44. The Labute approximate surface area is 104 Å². The minimum absolute atomic E-state index is 0.228. The molecule has 2 rings (SSSR count). The van der Waals surface area contributed by atoms with Crippen LogP contribution < -0.4 is 0 Å². The van der Waals surface area contributed by atoms with Gasteiger partial charge in [-0.3, -0.25) is 4.79 Å². The summed E-state index contributed by atoms with van der Waals surface area (Å²) in [6.45, 7) is 2.89. The zero-order chi connectivity index (χ0) is 12.3. The minimum atomic E-state index is 0.228. The molecule has 0 atom stereocenters. The molecule has 2 aliphatic rings. The molecule has 0 aromatic rings. The molecule has 0 aliphatic heterocycles. The summed E-state index contributed by atoms with van der Waals surface area (Å²) in [5.41, 5.74) is 0. The average Bonchev–Trinajstić information content (AvgIpc) is 2.19. The lowest BCUT2D eigenvalue weighted by atomic mass is 9.64. The zero-order valence-electron chi connectivity index (χ0n) is 10.7. The third-order valence-corrected chi connectivity index (χ3v) is 4.56. The molecule has 0 heterocycles. The van der Waals surface area contributed by atoms with Gasteiger partial charge in [0.05, 0.1) is 6.07 Å². The average molecular weight is 234 g/mol. The molecule has 3 heteroatoms. The van der Waals surface area contributed by atoms with E-state index in [9.17, 15) is 4.79 Å². The second kappa shape index (κ2) is 5.53. The van der Waals surface area contributed by atoms with Gasteiger partial charge in [-0.2, -0.15) is 5.26 Å². The van der Waals surface area contributed by atoms with Crippen LogP contribution in [0, 0.1) is 29.1 Å². The molecule has 0 spiro atoms. The highest BCUT2D eigenvalue weighted by atomic mass is 16.2. The van der Waals surface area contributed by atoms with Crippen molar-refractivity contribution in [3.63, 3.8) is 0 Å². The highest BCUT2D eigenvalue weighted by Gasteiger charge is 2.41. The zero-order valence-corrected chi connectivity index (χ0v) is 10.7. The van der Waals surface area contributed by atoms with E-state index in [1.54, 1.807) is 4.90 Å². The summed E-state index contributed by atoms with van der Waals surface area (Å²) >= 11 is 0. The van der Waals surface area contributed by atoms with Gasteiger partial charge in [0.2, 0.25) is 5.91 Å². The first kappa shape index (κ1) is 12.4. The van der Waals surface area contributed by atoms with E-state index in [4.69, 9.17) is 5.26 Å². The normalized spacial score (nSPS) is 20.5. The van der Waals surface area contributed by atoms with Gasteiger partial charge in [-0.1, -0.05) is 12.8 Å². The van der Waals surface area contributed by atoms with Crippen LogP contribution in [0.1, 0.15) is 45.4 Å². The Hall–Kier alpha value is -1.04. The van der Waals surface area contributed by atoms with Crippen molar-refractivity contribution < 1.29 is 4.79 Å². The first-order valence-electron chi connectivity index (χ1n) is 6.93. The predicted molar refractivity (Wildman–Crippen MR) is 66.0 cm³/mol. The number of carbonyl (C=O) groups is 1. The quantitative estimate of drug-likeness (QED) is 0.686. The third-order valence-electron chi connectivity index (χ3n) is 4.56. The van der Waals surface area contributed by atoms with Crippen molar-refractivity contribution in [3.8, 4) is 6.07 Å². The maximum absolute atomic E-state index is 12.5. The maximum Gasteiger partial charge on any atom is 0.227 e. The highest BCUT2D eigenvalue weighted by molar-refractivity contribution is 5.80. The molecule has 2 fully saturated rings. The van der Waals surface area contributed by atoms with E-state index in [-0.39, 0.29) is 18.4 Å². The van der Waals surface area contributed by atoms with Gasteiger partial charge < -0.3 is 4.90 Å². The Morgan fingerprint density at radius 3 is 2.12 bits per heavy atom. The summed E-state index contributed by atoms with van der Waals surface area (Å²) in [6, 6.07) is 2.11. The number of hydrogen-bond donors (Lipinski definition) is 0. The van der Waals surface area contributed by atoms with Gasteiger partial charge in [0.15, 0.2) is 0 Å². The van der Waals surface area contributed by atoms with Crippen molar-refractivity contribution in [2.45, 2.75) is 45.4 Å². The fourth-order valence-electron chi connectivity index (χ4n) is 3.03. The molecule has 94 valence electrons. The van der Waals surface area contributed by atoms with E-state index in [0.29, 0.717) is 18.4 Å². The van der Waals surface area contributed by atoms with Crippen molar-refractivity contribution in [1.82, 2.24) is 4.90 Å². The standard InChI is InChI=1S/C14H22N2O/c1-2-16(10-9-15)14(17)13(11-5-3-6-11)12-7-4-8-12/h11-13H,2-8,10H2,1H3. The summed E-state index contributed by atoms with van der Waals surface area (Å²) in [7, 11) is 0. The largest absolute Gasteiger partial charge is 0.329 e. The van der Waals surface area contributed by atoms with E-state index >= 15 is 0 Å². The van der Waals surface area contributed by atoms with Crippen LogP contribution >= 0.6 is 0 Å². The summed E-state index contributed by atoms with van der Waals surface area (Å²) in [5, 5.41) is 8.77. The van der Waals surface area contributed by atoms with Gasteiger partial charge in [-0.05, 0) is 44.4 Å². The van der Waals surface area contributed by atoms with Gasteiger partial charge in [0.1, 0.15) is 6.54 Å². The summed E-state index contributed by atoms with van der Waals surface area (Å²) in [4.78, 5) is 14.2. The lowest BCUT2D eigenvalue weighted by Crippen LogP contribution is -2.45. The molecular formula is C14H22N2O. The van der Waals surface area contributed by atoms with Crippen LogP contribution in [0.3, 0.4) is 0 Å².